The first-order chi connectivity index (χ1) is 7.82. The first-order valence-corrected chi connectivity index (χ1v) is 4.38. The van der Waals surface area contributed by atoms with Crippen LogP contribution in [-0.4, -0.2) is 44.7 Å². The number of fused-ring (bicyclic) bond motifs is 1. The molecular weight excluding hydrogens is 245 g/mol. The number of rotatable bonds is 1. The van der Waals surface area contributed by atoms with E-state index in [4.69, 9.17) is 5.11 Å². The highest BCUT2D eigenvalue weighted by molar-refractivity contribution is 6.02. The number of alkyl halides is 3. The number of hydrogen-bond donors (Lipinski definition) is 1. The summed E-state index contributed by atoms with van der Waals surface area (Å²) >= 11 is 0. The molecule has 17 heavy (non-hydrogen) atoms. The summed E-state index contributed by atoms with van der Waals surface area (Å²) in [5, 5.41) is 15.3. The standard InChI is InChI=1S/C7H5F3N4O3/c8-7(9,10)6(17)13-1-2-14-4(13)3(5(15)16)11-12-14/h1-2H2,(H,15,16). The maximum atomic E-state index is 12.2. The van der Waals surface area contributed by atoms with Crippen molar-refractivity contribution >= 4 is 17.7 Å². The van der Waals surface area contributed by atoms with Crippen LogP contribution in [0.2, 0.25) is 0 Å². The Labute approximate surface area is 91.4 Å². The Morgan fingerprint density at radius 3 is 2.47 bits per heavy atom. The number of hydrogen-bond acceptors (Lipinski definition) is 4. The van der Waals surface area contributed by atoms with Gasteiger partial charge in [0.2, 0.25) is 5.69 Å². The Kier molecular flexibility index (Phi) is 2.29. The number of amides is 1. The van der Waals surface area contributed by atoms with Gasteiger partial charge in [0, 0.05) is 6.54 Å². The molecule has 0 fully saturated rings. The second-order valence-electron chi connectivity index (χ2n) is 3.24. The minimum Gasteiger partial charge on any atom is -0.476 e. The summed E-state index contributed by atoms with van der Waals surface area (Å²) in [5.74, 6) is -4.09. The maximum Gasteiger partial charge on any atom is 0.471 e. The van der Waals surface area contributed by atoms with Crippen molar-refractivity contribution in [3.63, 3.8) is 0 Å². The van der Waals surface area contributed by atoms with E-state index in [0.29, 0.717) is 4.90 Å². The van der Waals surface area contributed by atoms with Crippen LogP contribution in [0.25, 0.3) is 0 Å². The minimum absolute atomic E-state index is 0.0164. The highest BCUT2D eigenvalue weighted by atomic mass is 19.4. The molecule has 1 aromatic rings. The fourth-order valence-corrected chi connectivity index (χ4v) is 1.52. The van der Waals surface area contributed by atoms with Crippen LogP contribution < -0.4 is 4.90 Å². The van der Waals surface area contributed by atoms with Crippen LogP contribution in [0.3, 0.4) is 0 Å². The molecule has 10 heteroatoms. The van der Waals surface area contributed by atoms with E-state index < -0.39 is 29.6 Å². The van der Waals surface area contributed by atoms with Crippen LogP contribution in [0.1, 0.15) is 10.5 Å². The Morgan fingerprint density at radius 1 is 1.29 bits per heavy atom. The van der Waals surface area contributed by atoms with Gasteiger partial charge in [0.25, 0.3) is 0 Å². The van der Waals surface area contributed by atoms with E-state index in [0.717, 1.165) is 4.68 Å². The van der Waals surface area contributed by atoms with Gasteiger partial charge in [-0.3, -0.25) is 9.69 Å². The molecule has 0 atom stereocenters. The molecule has 2 heterocycles. The second kappa shape index (κ2) is 3.43. The summed E-state index contributed by atoms with van der Waals surface area (Å²) in [6, 6.07) is 0. The zero-order valence-corrected chi connectivity index (χ0v) is 8.10. The lowest BCUT2D eigenvalue weighted by atomic mass is 10.4. The molecule has 7 nitrogen and oxygen atoms in total. The van der Waals surface area contributed by atoms with Gasteiger partial charge in [-0.2, -0.15) is 13.2 Å². The van der Waals surface area contributed by atoms with Crippen LogP contribution in [0.15, 0.2) is 0 Å². The summed E-state index contributed by atoms with van der Waals surface area (Å²) in [6.45, 7) is -0.291. The summed E-state index contributed by atoms with van der Waals surface area (Å²) in [4.78, 5) is 22.1. The maximum absolute atomic E-state index is 12.2. The molecule has 2 rings (SSSR count). The molecular formula is C7H5F3N4O3. The first kappa shape index (κ1) is 11.4. The number of aromatic carboxylic acids is 1. The second-order valence-corrected chi connectivity index (χ2v) is 3.24. The zero-order valence-electron chi connectivity index (χ0n) is 8.10. The molecule has 0 saturated carbocycles. The molecule has 1 aromatic heterocycles. The van der Waals surface area contributed by atoms with E-state index in [9.17, 15) is 22.8 Å². The molecule has 0 saturated heterocycles. The summed E-state index contributed by atoms with van der Waals surface area (Å²) in [5.41, 5.74) is -0.667. The van der Waals surface area contributed by atoms with Crippen molar-refractivity contribution in [2.24, 2.45) is 0 Å². The third-order valence-corrected chi connectivity index (χ3v) is 2.19. The van der Waals surface area contributed by atoms with Crippen molar-refractivity contribution in [1.29, 1.82) is 0 Å². The van der Waals surface area contributed by atoms with Gasteiger partial charge in [0.15, 0.2) is 5.82 Å². The Balaban J connectivity index is 2.42. The third-order valence-electron chi connectivity index (χ3n) is 2.19. The lowest BCUT2D eigenvalue weighted by molar-refractivity contribution is -0.170. The number of nitrogens with zero attached hydrogens (tertiary/aromatic N) is 4. The SMILES string of the molecule is O=C(O)c1nnn2c1N(C(=O)C(F)(F)F)CC2. The number of carboxylic acid groups (broad SMARTS) is 1. The van der Waals surface area contributed by atoms with Crippen LogP contribution in [-0.2, 0) is 11.3 Å². The van der Waals surface area contributed by atoms with Crippen LogP contribution >= 0.6 is 0 Å². The lowest BCUT2D eigenvalue weighted by Crippen LogP contribution is -2.40. The normalized spacial score (nSPS) is 14.9. The van der Waals surface area contributed by atoms with Crippen molar-refractivity contribution in [3.05, 3.63) is 5.69 Å². The van der Waals surface area contributed by atoms with Gasteiger partial charge in [-0.05, 0) is 0 Å². The van der Waals surface area contributed by atoms with E-state index >= 15 is 0 Å². The van der Waals surface area contributed by atoms with Gasteiger partial charge in [0.1, 0.15) is 0 Å². The van der Waals surface area contributed by atoms with Gasteiger partial charge in [-0.25, -0.2) is 9.48 Å². The van der Waals surface area contributed by atoms with Crippen LogP contribution in [0.5, 0.6) is 0 Å². The largest absolute Gasteiger partial charge is 0.476 e. The number of carbonyl (C=O) groups is 2. The molecule has 1 aliphatic rings. The molecule has 0 aromatic carbocycles. The molecule has 1 amide bonds. The highest BCUT2D eigenvalue weighted by Gasteiger charge is 2.46. The average Bonchev–Trinajstić information content (AvgIpc) is 2.73. The number of carbonyl (C=O) groups excluding carboxylic acids is 1. The molecule has 92 valence electrons. The van der Waals surface area contributed by atoms with Gasteiger partial charge in [-0.1, -0.05) is 5.21 Å². The van der Waals surface area contributed by atoms with E-state index in [1.807, 2.05) is 0 Å². The van der Waals surface area contributed by atoms with Gasteiger partial charge >= 0.3 is 18.1 Å². The lowest BCUT2D eigenvalue weighted by Gasteiger charge is -2.16. The van der Waals surface area contributed by atoms with E-state index in [-0.39, 0.29) is 13.1 Å². The first-order valence-electron chi connectivity index (χ1n) is 4.38. The topological polar surface area (TPSA) is 88.3 Å². The quantitative estimate of drug-likeness (QED) is 0.750. The number of halogens is 3. The molecule has 1 N–H and O–H groups in total. The predicted molar refractivity (Wildman–Crippen MR) is 45.4 cm³/mol. The highest BCUT2D eigenvalue weighted by Crippen LogP contribution is 2.28. The number of carboxylic acids is 1. The molecule has 0 spiro atoms. The van der Waals surface area contributed by atoms with Crippen molar-refractivity contribution in [2.75, 3.05) is 11.4 Å². The fourth-order valence-electron chi connectivity index (χ4n) is 1.52. The van der Waals surface area contributed by atoms with Crippen molar-refractivity contribution in [2.45, 2.75) is 12.7 Å². The smallest absolute Gasteiger partial charge is 0.471 e. The van der Waals surface area contributed by atoms with Crippen molar-refractivity contribution in [1.82, 2.24) is 15.0 Å². The zero-order chi connectivity index (χ0) is 12.8. The Hall–Kier alpha value is -2.13. The average molecular weight is 250 g/mol. The Morgan fingerprint density at radius 2 is 1.94 bits per heavy atom. The summed E-state index contributed by atoms with van der Waals surface area (Å²) < 4.78 is 37.7. The molecule has 0 unspecified atom stereocenters. The third kappa shape index (κ3) is 1.70. The van der Waals surface area contributed by atoms with Crippen LogP contribution in [0, 0.1) is 0 Å². The summed E-state index contributed by atoms with van der Waals surface area (Å²) in [7, 11) is 0. The molecule has 0 radical (unpaired) electrons. The van der Waals surface area contributed by atoms with Gasteiger partial charge < -0.3 is 5.11 Å². The van der Waals surface area contributed by atoms with E-state index in [2.05, 4.69) is 10.3 Å². The predicted octanol–water partition coefficient (Wildman–Crippen LogP) is -0.115. The monoisotopic (exact) mass is 250 g/mol. The van der Waals surface area contributed by atoms with Gasteiger partial charge in [-0.15, -0.1) is 5.10 Å². The molecule has 0 bridgehead atoms. The van der Waals surface area contributed by atoms with E-state index in [1.165, 1.54) is 0 Å². The molecule has 1 aliphatic heterocycles. The van der Waals surface area contributed by atoms with Crippen LogP contribution in [0.4, 0.5) is 19.0 Å². The fraction of sp³-hybridized carbons (Fsp3) is 0.429. The minimum atomic E-state index is -5.06. The van der Waals surface area contributed by atoms with E-state index in [1.54, 1.807) is 0 Å². The van der Waals surface area contributed by atoms with Crippen molar-refractivity contribution in [3.8, 4) is 0 Å². The van der Waals surface area contributed by atoms with Gasteiger partial charge in [0.05, 0.1) is 6.54 Å². The molecule has 0 aliphatic carbocycles. The Bertz CT molecular complexity index is 495. The number of anilines is 1. The van der Waals surface area contributed by atoms with Crippen molar-refractivity contribution < 1.29 is 27.9 Å². The number of aromatic nitrogens is 3. The summed E-state index contributed by atoms with van der Waals surface area (Å²) in [6.07, 6.45) is -5.06.